The summed E-state index contributed by atoms with van der Waals surface area (Å²) in [5, 5.41) is 1.70. The van der Waals surface area contributed by atoms with Gasteiger partial charge < -0.3 is 0 Å². The summed E-state index contributed by atoms with van der Waals surface area (Å²) in [4.78, 5) is 0. The van der Waals surface area contributed by atoms with Crippen LogP contribution in [0.15, 0.2) is 16.6 Å². The van der Waals surface area contributed by atoms with Crippen molar-refractivity contribution < 1.29 is 0 Å². The monoisotopic (exact) mass is 396 g/mol. The second-order valence-electron chi connectivity index (χ2n) is 7.97. The highest BCUT2D eigenvalue weighted by Gasteiger charge is 2.21. The molecule has 0 saturated heterocycles. The van der Waals surface area contributed by atoms with Crippen molar-refractivity contribution in [2.24, 2.45) is 0 Å². The minimum atomic E-state index is -1.28. The maximum Gasteiger partial charge on any atom is 0.0779 e. The first-order valence-electron chi connectivity index (χ1n) is 9.72. The number of unbranched alkanes of at least 4 members (excludes halogenated alkanes) is 6. The molecule has 0 aromatic heterocycles. The third-order valence-corrected chi connectivity index (χ3v) is 7.50. The Kier molecular flexibility index (Phi) is 9.76. The van der Waals surface area contributed by atoms with Gasteiger partial charge in [0.15, 0.2) is 0 Å². The van der Waals surface area contributed by atoms with Gasteiger partial charge in [-0.1, -0.05) is 99.2 Å². The van der Waals surface area contributed by atoms with Crippen LogP contribution in [-0.4, -0.2) is 8.07 Å². The molecule has 0 spiro atoms. The third-order valence-electron chi connectivity index (χ3n) is 4.68. The first-order chi connectivity index (χ1) is 10.9. The first-order valence-corrected chi connectivity index (χ1v) is 14.0. The zero-order valence-electron chi connectivity index (χ0n) is 16.1. The van der Waals surface area contributed by atoms with E-state index in [1.807, 2.05) is 0 Å². The van der Waals surface area contributed by atoms with E-state index in [0.29, 0.717) is 0 Å². The zero-order valence-corrected chi connectivity index (χ0v) is 18.7. The quantitative estimate of drug-likeness (QED) is 0.273. The maximum absolute atomic E-state index is 3.86. The van der Waals surface area contributed by atoms with Gasteiger partial charge in [0.05, 0.1) is 8.07 Å². The van der Waals surface area contributed by atoms with Crippen LogP contribution in [0.3, 0.4) is 0 Å². The average molecular weight is 398 g/mol. The minimum absolute atomic E-state index is 1.23. The Hall–Kier alpha value is -0.0831. The summed E-state index contributed by atoms with van der Waals surface area (Å²) in [6.07, 6.45) is 13.3. The second-order valence-corrected chi connectivity index (χ2v) is 13.9. The van der Waals surface area contributed by atoms with Crippen LogP contribution in [0.25, 0.3) is 0 Å². The fourth-order valence-corrected chi connectivity index (χ4v) is 5.60. The summed E-state index contributed by atoms with van der Waals surface area (Å²) in [5.41, 5.74) is 3.15. The molecule has 1 rings (SSSR count). The Morgan fingerprint density at radius 2 is 1.26 bits per heavy atom. The molecule has 0 N–H and O–H groups in total. The van der Waals surface area contributed by atoms with Crippen molar-refractivity contribution in [3.63, 3.8) is 0 Å². The molecule has 0 aliphatic rings. The molecule has 23 heavy (non-hydrogen) atoms. The van der Waals surface area contributed by atoms with Gasteiger partial charge in [0, 0.05) is 4.47 Å². The summed E-state index contributed by atoms with van der Waals surface area (Å²) < 4.78 is 1.35. The maximum atomic E-state index is 3.86. The normalized spacial score (nSPS) is 11.9. The fourth-order valence-electron chi connectivity index (χ4n) is 3.24. The van der Waals surface area contributed by atoms with E-state index in [1.165, 1.54) is 74.2 Å². The average Bonchev–Trinajstić information content (AvgIpc) is 2.48. The Morgan fingerprint density at radius 1 is 0.739 bits per heavy atom. The van der Waals surface area contributed by atoms with Gasteiger partial charge in [0.1, 0.15) is 0 Å². The van der Waals surface area contributed by atoms with Crippen molar-refractivity contribution in [2.45, 2.75) is 97.7 Å². The Balaban J connectivity index is 2.86. The number of halogens is 1. The van der Waals surface area contributed by atoms with Crippen molar-refractivity contribution in [3.8, 4) is 0 Å². The molecule has 0 heterocycles. The lowest BCUT2D eigenvalue weighted by atomic mass is 10.0. The van der Waals surface area contributed by atoms with E-state index in [9.17, 15) is 0 Å². The number of hydrogen-bond donors (Lipinski definition) is 0. The Labute approximate surface area is 154 Å². The minimum Gasteiger partial charge on any atom is -0.0656 e. The molecular formula is C21H37BrSi. The molecule has 0 amide bonds. The molecule has 0 bridgehead atoms. The van der Waals surface area contributed by atoms with Gasteiger partial charge in [0.25, 0.3) is 0 Å². The molecular weight excluding hydrogens is 360 g/mol. The van der Waals surface area contributed by atoms with Gasteiger partial charge in [-0.3, -0.25) is 0 Å². The van der Waals surface area contributed by atoms with E-state index in [-0.39, 0.29) is 0 Å². The summed E-state index contributed by atoms with van der Waals surface area (Å²) in [6.45, 7) is 12.1. The molecule has 1 aromatic carbocycles. The van der Waals surface area contributed by atoms with Gasteiger partial charge in [-0.2, -0.15) is 0 Å². The van der Waals surface area contributed by atoms with Crippen LogP contribution in [0.2, 0.25) is 19.6 Å². The van der Waals surface area contributed by atoms with Crippen molar-refractivity contribution in [1.29, 1.82) is 0 Å². The van der Waals surface area contributed by atoms with Crippen molar-refractivity contribution >= 4 is 29.2 Å². The van der Waals surface area contributed by atoms with E-state index in [4.69, 9.17) is 0 Å². The van der Waals surface area contributed by atoms with Crippen LogP contribution < -0.4 is 5.19 Å². The molecule has 0 radical (unpaired) electrons. The smallest absolute Gasteiger partial charge is 0.0656 e. The van der Waals surface area contributed by atoms with E-state index in [1.54, 1.807) is 10.8 Å². The topological polar surface area (TPSA) is 0 Å². The van der Waals surface area contributed by atoms with Gasteiger partial charge in [-0.25, -0.2) is 0 Å². The third kappa shape index (κ3) is 7.56. The Morgan fingerprint density at radius 3 is 1.74 bits per heavy atom. The van der Waals surface area contributed by atoms with E-state index < -0.39 is 8.07 Å². The summed E-state index contributed by atoms with van der Waals surface area (Å²) >= 11 is 3.86. The van der Waals surface area contributed by atoms with Crippen LogP contribution in [0.4, 0.5) is 0 Å². The van der Waals surface area contributed by atoms with Crippen molar-refractivity contribution in [2.75, 3.05) is 0 Å². The van der Waals surface area contributed by atoms with Crippen LogP contribution in [-0.2, 0) is 12.8 Å². The van der Waals surface area contributed by atoms with Crippen LogP contribution in [0.1, 0.15) is 76.3 Å². The lowest BCUT2D eigenvalue weighted by molar-refractivity contribution is 0.663. The summed E-state index contributed by atoms with van der Waals surface area (Å²) in [7, 11) is -1.28. The molecule has 1 aromatic rings. The molecule has 0 aliphatic carbocycles. The van der Waals surface area contributed by atoms with Crippen LogP contribution in [0.5, 0.6) is 0 Å². The van der Waals surface area contributed by atoms with Crippen molar-refractivity contribution in [3.05, 3.63) is 27.7 Å². The van der Waals surface area contributed by atoms with Crippen LogP contribution in [0, 0.1) is 0 Å². The highest BCUT2D eigenvalue weighted by Crippen LogP contribution is 2.23. The molecule has 0 atom stereocenters. The van der Waals surface area contributed by atoms with Gasteiger partial charge in [-0.15, -0.1) is 0 Å². The molecule has 2 heteroatoms. The Bertz CT molecular complexity index is 460. The predicted molar refractivity (Wildman–Crippen MR) is 113 cm³/mol. The lowest BCUT2D eigenvalue weighted by Crippen LogP contribution is -2.40. The van der Waals surface area contributed by atoms with Crippen LogP contribution >= 0.6 is 15.9 Å². The highest BCUT2D eigenvalue weighted by atomic mass is 79.9. The van der Waals surface area contributed by atoms with Gasteiger partial charge in [0.2, 0.25) is 0 Å². The second kappa shape index (κ2) is 10.7. The summed E-state index contributed by atoms with van der Waals surface area (Å²) in [6, 6.07) is 5.01. The number of rotatable bonds is 11. The molecule has 132 valence electrons. The van der Waals surface area contributed by atoms with Gasteiger partial charge >= 0.3 is 0 Å². The number of benzene rings is 1. The largest absolute Gasteiger partial charge is 0.0779 e. The van der Waals surface area contributed by atoms with E-state index >= 15 is 0 Å². The van der Waals surface area contributed by atoms with Crippen molar-refractivity contribution in [1.82, 2.24) is 0 Å². The molecule has 0 fully saturated rings. The van der Waals surface area contributed by atoms with Gasteiger partial charge in [-0.05, 0) is 42.9 Å². The molecule has 0 nitrogen and oxygen atoms in total. The predicted octanol–water partition coefficient (Wildman–Crippen LogP) is 7.24. The SMILES string of the molecule is CCCCCCc1cc([Si](C)(C)C)c(CCCCCC)cc1Br. The summed E-state index contributed by atoms with van der Waals surface area (Å²) in [5.74, 6) is 0. The number of aryl methyl sites for hydroxylation is 2. The first kappa shape index (κ1) is 21.0. The van der Waals surface area contributed by atoms with E-state index in [0.717, 1.165) is 0 Å². The lowest BCUT2D eigenvalue weighted by Gasteiger charge is -2.23. The standard InChI is InChI=1S/C21H37BrSi/c1-6-8-10-12-14-18-17-21(23(3,4)5)19(16-20(18)22)15-13-11-9-7-2/h16-17H,6-15H2,1-5H3. The molecule has 0 saturated carbocycles. The van der Waals surface area contributed by atoms with E-state index in [2.05, 4.69) is 61.6 Å². The molecule has 0 unspecified atom stereocenters. The zero-order chi connectivity index (χ0) is 17.3. The highest BCUT2D eigenvalue weighted by molar-refractivity contribution is 9.10. The number of hydrogen-bond acceptors (Lipinski definition) is 0. The molecule has 0 aliphatic heterocycles. The fraction of sp³-hybridized carbons (Fsp3) is 0.714.